The lowest BCUT2D eigenvalue weighted by Crippen LogP contribution is -2.50. The minimum absolute atomic E-state index is 0.239. The van der Waals surface area contributed by atoms with Gasteiger partial charge in [0.1, 0.15) is 6.10 Å². The van der Waals surface area contributed by atoms with Gasteiger partial charge < -0.3 is 15.5 Å². The molecular formula is C39H71NO6S. The molecule has 0 aromatic carbocycles. The minimum Gasteiger partial charge on any atom is -0.387 e. The highest BCUT2D eigenvalue weighted by atomic mass is 32.2. The zero-order valence-electron chi connectivity index (χ0n) is 30.0. The van der Waals surface area contributed by atoms with Crippen molar-refractivity contribution in [2.45, 2.75) is 186 Å². The first-order valence-corrected chi connectivity index (χ1v) is 20.6. The third kappa shape index (κ3) is 32.6. The van der Waals surface area contributed by atoms with Crippen molar-refractivity contribution < 1.29 is 28.0 Å². The molecule has 0 heterocycles. The van der Waals surface area contributed by atoms with Crippen molar-refractivity contribution in [3.8, 4) is 0 Å². The zero-order valence-corrected chi connectivity index (χ0v) is 30.8. The molecule has 1 amide bonds. The fourth-order valence-electron chi connectivity index (χ4n) is 5.36. The van der Waals surface area contributed by atoms with E-state index in [-0.39, 0.29) is 6.42 Å². The summed E-state index contributed by atoms with van der Waals surface area (Å²) in [6.45, 7) is 4.47. The SMILES string of the molecule is CCCCCCCC/C=C\CCCCC(O)C(=O)NC(CS(=O)(=O)O)C(O)/C=C/CC/C=C/CC/C=C/CCCCCCCCCC. The molecule has 0 aromatic heterocycles. The van der Waals surface area contributed by atoms with E-state index in [9.17, 15) is 28.0 Å². The van der Waals surface area contributed by atoms with Crippen molar-refractivity contribution in [2.24, 2.45) is 0 Å². The van der Waals surface area contributed by atoms with Gasteiger partial charge in [0.15, 0.2) is 0 Å². The summed E-state index contributed by atoms with van der Waals surface area (Å²) in [6, 6.07) is -1.26. The average Bonchev–Trinajstić information content (AvgIpc) is 3.03. The summed E-state index contributed by atoms with van der Waals surface area (Å²) >= 11 is 0. The van der Waals surface area contributed by atoms with Crippen LogP contribution < -0.4 is 5.32 Å². The first kappa shape index (κ1) is 45.3. The molecule has 8 heteroatoms. The second-order valence-corrected chi connectivity index (χ2v) is 14.5. The van der Waals surface area contributed by atoms with Crippen LogP contribution in [0.5, 0.6) is 0 Å². The predicted octanol–water partition coefficient (Wildman–Crippen LogP) is 9.71. The lowest BCUT2D eigenvalue weighted by molar-refractivity contribution is -0.130. The van der Waals surface area contributed by atoms with Crippen LogP contribution in [0.1, 0.15) is 168 Å². The number of nitrogens with one attached hydrogen (secondary N) is 1. The summed E-state index contributed by atoms with van der Waals surface area (Å²) in [5.41, 5.74) is 0. The molecule has 0 spiro atoms. The van der Waals surface area contributed by atoms with Crippen LogP contribution in [0.4, 0.5) is 0 Å². The molecule has 4 N–H and O–H groups in total. The van der Waals surface area contributed by atoms with Crippen molar-refractivity contribution in [2.75, 3.05) is 5.75 Å². The summed E-state index contributed by atoms with van der Waals surface area (Å²) in [5.74, 6) is -1.59. The molecule has 0 aromatic rings. The second kappa shape index (κ2) is 32.8. The predicted molar refractivity (Wildman–Crippen MR) is 199 cm³/mol. The topological polar surface area (TPSA) is 124 Å². The van der Waals surface area contributed by atoms with Crippen molar-refractivity contribution in [3.05, 3.63) is 48.6 Å². The molecule has 0 saturated heterocycles. The van der Waals surface area contributed by atoms with Crippen molar-refractivity contribution >= 4 is 16.0 Å². The maximum absolute atomic E-state index is 12.5. The van der Waals surface area contributed by atoms with Crippen molar-refractivity contribution in [1.82, 2.24) is 5.32 Å². The van der Waals surface area contributed by atoms with Crippen LogP contribution in [0, 0.1) is 0 Å². The number of hydrogen-bond donors (Lipinski definition) is 4. The molecule has 274 valence electrons. The Bertz CT molecular complexity index is 943. The molecule has 0 fully saturated rings. The van der Waals surface area contributed by atoms with E-state index in [2.05, 4.69) is 55.6 Å². The van der Waals surface area contributed by atoms with Crippen LogP contribution in [0.3, 0.4) is 0 Å². The molecule has 47 heavy (non-hydrogen) atoms. The molecule has 3 atom stereocenters. The number of aliphatic hydroxyl groups is 2. The number of rotatable bonds is 33. The number of carbonyl (C=O) groups excluding carboxylic acids is 1. The second-order valence-electron chi connectivity index (χ2n) is 13.0. The highest BCUT2D eigenvalue weighted by molar-refractivity contribution is 7.85. The largest absolute Gasteiger partial charge is 0.387 e. The fraction of sp³-hybridized carbons (Fsp3) is 0.769. The highest BCUT2D eigenvalue weighted by Gasteiger charge is 2.27. The molecule has 0 saturated carbocycles. The molecule has 0 radical (unpaired) electrons. The van der Waals surface area contributed by atoms with Gasteiger partial charge in [0.25, 0.3) is 10.1 Å². The number of amides is 1. The molecule has 0 bridgehead atoms. The van der Waals surface area contributed by atoms with E-state index in [1.54, 1.807) is 6.08 Å². The van der Waals surface area contributed by atoms with E-state index in [1.807, 2.05) is 0 Å². The Labute approximate surface area is 289 Å². The standard InChI is InChI=1S/C39H71NO6S/c1-3-5-7-9-11-13-15-17-18-19-20-21-22-24-25-27-29-31-33-37(41)36(35-47(44,45)46)40-39(43)38(42)34-32-30-28-26-23-16-14-12-10-8-6-4-2/h19-20,23-26,31,33,36-38,41-42H,3-18,21-22,27-30,32,34-35H2,1-2H3,(H,40,43)(H,44,45,46)/b20-19+,25-24+,26-23-,33-31+. The molecular weight excluding hydrogens is 610 g/mol. The number of carbonyl (C=O) groups is 1. The quantitative estimate of drug-likeness (QED) is 0.0311. The average molecular weight is 682 g/mol. The Morgan fingerprint density at radius 1 is 0.574 bits per heavy atom. The van der Waals surface area contributed by atoms with Gasteiger partial charge in [0.2, 0.25) is 5.91 Å². The number of hydrogen-bond acceptors (Lipinski definition) is 5. The van der Waals surface area contributed by atoms with Crippen LogP contribution in [0.25, 0.3) is 0 Å². The van der Waals surface area contributed by atoms with Gasteiger partial charge in [-0.2, -0.15) is 8.42 Å². The van der Waals surface area contributed by atoms with Crippen LogP contribution >= 0.6 is 0 Å². The van der Waals surface area contributed by atoms with Crippen LogP contribution in [0.15, 0.2) is 48.6 Å². The molecule has 0 rings (SSSR count). The van der Waals surface area contributed by atoms with Gasteiger partial charge in [-0.15, -0.1) is 0 Å². The maximum atomic E-state index is 12.5. The normalized spacial score (nSPS) is 14.6. The first-order chi connectivity index (χ1) is 22.7. The Morgan fingerprint density at radius 2 is 0.957 bits per heavy atom. The summed E-state index contributed by atoms with van der Waals surface area (Å²) in [6.07, 6.45) is 40.3. The summed E-state index contributed by atoms with van der Waals surface area (Å²) in [5, 5.41) is 23.2. The summed E-state index contributed by atoms with van der Waals surface area (Å²) in [7, 11) is -4.46. The summed E-state index contributed by atoms with van der Waals surface area (Å²) < 4.78 is 32.4. The Balaban J connectivity index is 4.22. The zero-order chi connectivity index (χ0) is 34.9. The Hall–Kier alpha value is -1.74. The number of unbranched alkanes of at least 4 members (excludes halogenated alkanes) is 18. The minimum atomic E-state index is -4.46. The molecule has 0 aliphatic carbocycles. The first-order valence-electron chi connectivity index (χ1n) is 18.9. The molecule has 3 unspecified atom stereocenters. The number of aliphatic hydroxyl groups excluding tert-OH is 2. The van der Waals surface area contributed by atoms with E-state index in [4.69, 9.17) is 0 Å². The summed E-state index contributed by atoms with van der Waals surface area (Å²) in [4.78, 5) is 12.5. The fourth-order valence-corrected chi connectivity index (χ4v) is 6.10. The van der Waals surface area contributed by atoms with Crippen LogP contribution in [-0.4, -0.2) is 53.1 Å². The van der Waals surface area contributed by atoms with Crippen LogP contribution in [-0.2, 0) is 14.9 Å². The molecule has 0 aliphatic heterocycles. The molecule has 7 nitrogen and oxygen atoms in total. The van der Waals surface area contributed by atoms with Gasteiger partial charge in [0, 0.05) is 0 Å². The lowest BCUT2D eigenvalue weighted by Gasteiger charge is -2.22. The van der Waals surface area contributed by atoms with Crippen molar-refractivity contribution in [1.29, 1.82) is 0 Å². The smallest absolute Gasteiger partial charge is 0.267 e. The van der Waals surface area contributed by atoms with Gasteiger partial charge in [-0.1, -0.05) is 146 Å². The van der Waals surface area contributed by atoms with Crippen LogP contribution in [0.2, 0.25) is 0 Å². The monoisotopic (exact) mass is 682 g/mol. The van der Waals surface area contributed by atoms with Crippen molar-refractivity contribution in [3.63, 3.8) is 0 Å². The molecule has 0 aliphatic rings. The van der Waals surface area contributed by atoms with Gasteiger partial charge in [-0.05, 0) is 70.6 Å². The highest BCUT2D eigenvalue weighted by Crippen LogP contribution is 2.12. The third-order valence-electron chi connectivity index (χ3n) is 8.31. The van der Waals surface area contributed by atoms with Gasteiger partial charge >= 0.3 is 0 Å². The maximum Gasteiger partial charge on any atom is 0.267 e. The van der Waals surface area contributed by atoms with Gasteiger partial charge in [-0.25, -0.2) is 0 Å². The van der Waals surface area contributed by atoms with Gasteiger partial charge in [-0.3, -0.25) is 9.35 Å². The number of allylic oxidation sites excluding steroid dienone is 7. The van der Waals surface area contributed by atoms with E-state index in [0.717, 1.165) is 44.9 Å². The van der Waals surface area contributed by atoms with E-state index >= 15 is 0 Å². The lowest BCUT2D eigenvalue weighted by atomic mass is 10.1. The van der Waals surface area contributed by atoms with E-state index in [0.29, 0.717) is 12.8 Å². The Kier molecular flexibility index (Phi) is 31.6. The third-order valence-corrected chi connectivity index (χ3v) is 9.09. The van der Waals surface area contributed by atoms with E-state index in [1.165, 1.54) is 96.0 Å². The van der Waals surface area contributed by atoms with Gasteiger partial charge in [0.05, 0.1) is 17.9 Å². The Morgan fingerprint density at radius 3 is 1.40 bits per heavy atom. The van der Waals surface area contributed by atoms with E-state index < -0.39 is 40.0 Å².